The summed E-state index contributed by atoms with van der Waals surface area (Å²) in [6.07, 6.45) is 1.85. The highest BCUT2D eigenvalue weighted by Crippen LogP contribution is 2.31. The molecule has 2 aromatic carbocycles. The monoisotopic (exact) mass is 310 g/mol. The van der Waals surface area contributed by atoms with Crippen LogP contribution in [0.5, 0.6) is 5.75 Å². The minimum atomic E-state index is -0.0301. The van der Waals surface area contributed by atoms with Crippen LogP contribution in [0.3, 0.4) is 0 Å². The van der Waals surface area contributed by atoms with Gasteiger partial charge in [-0.15, -0.1) is 0 Å². The maximum Gasteiger partial charge on any atom is 0.264 e. The predicted octanol–water partition coefficient (Wildman–Crippen LogP) is 3.24. The van der Waals surface area contributed by atoms with Gasteiger partial charge in [0.1, 0.15) is 5.75 Å². The molecular formula is C19H22N2O2. The van der Waals surface area contributed by atoms with Crippen molar-refractivity contribution in [1.82, 2.24) is 0 Å². The van der Waals surface area contributed by atoms with Gasteiger partial charge in [-0.05, 0) is 61.6 Å². The molecule has 4 nitrogen and oxygen atoms in total. The summed E-state index contributed by atoms with van der Waals surface area (Å²) in [6, 6.07) is 11.7. The van der Waals surface area contributed by atoms with Crippen molar-refractivity contribution in [2.75, 3.05) is 23.8 Å². The van der Waals surface area contributed by atoms with Crippen LogP contribution in [0.15, 0.2) is 36.4 Å². The van der Waals surface area contributed by atoms with Gasteiger partial charge < -0.3 is 15.4 Å². The summed E-state index contributed by atoms with van der Waals surface area (Å²) < 4.78 is 5.76. The summed E-state index contributed by atoms with van der Waals surface area (Å²) in [5.41, 5.74) is 10.9. The van der Waals surface area contributed by atoms with E-state index in [1.807, 2.05) is 50.2 Å². The second kappa shape index (κ2) is 6.32. The second-order valence-corrected chi connectivity index (χ2v) is 6.05. The van der Waals surface area contributed by atoms with E-state index in [4.69, 9.17) is 10.5 Å². The van der Waals surface area contributed by atoms with Crippen molar-refractivity contribution in [3.8, 4) is 5.75 Å². The Kier molecular flexibility index (Phi) is 4.24. The van der Waals surface area contributed by atoms with E-state index in [2.05, 4.69) is 0 Å². The van der Waals surface area contributed by atoms with Crippen molar-refractivity contribution in [3.63, 3.8) is 0 Å². The molecule has 0 fully saturated rings. The molecule has 2 N–H and O–H groups in total. The van der Waals surface area contributed by atoms with Crippen LogP contribution in [0, 0.1) is 13.8 Å². The van der Waals surface area contributed by atoms with Crippen molar-refractivity contribution < 1.29 is 9.53 Å². The largest absolute Gasteiger partial charge is 0.483 e. The predicted molar refractivity (Wildman–Crippen MR) is 92.9 cm³/mol. The van der Waals surface area contributed by atoms with Crippen LogP contribution >= 0.6 is 0 Å². The molecule has 120 valence electrons. The van der Waals surface area contributed by atoms with E-state index in [-0.39, 0.29) is 12.5 Å². The van der Waals surface area contributed by atoms with Gasteiger partial charge >= 0.3 is 0 Å². The first-order valence-corrected chi connectivity index (χ1v) is 7.94. The number of nitrogen functional groups attached to an aromatic ring is 1. The van der Waals surface area contributed by atoms with Gasteiger partial charge in [-0.1, -0.05) is 18.2 Å². The molecule has 0 saturated carbocycles. The highest BCUT2D eigenvalue weighted by Gasteiger charge is 2.24. The number of ether oxygens (including phenoxy) is 1. The number of aryl methyl sites for hydroxylation is 2. The van der Waals surface area contributed by atoms with Crippen LogP contribution in [0.4, 0.5) is 11.4 Å². The van der Waals surface area contributed by atoms with Crippen molar-refractivity contribution in [2.24, 2.45) is 0 Å². The van der Waals surface area contributed by atoms with Crippen LogP contribution in [0.25, 0.3) is 0 Å². The quantitative estimate of drug-likeness (QED) is 0.885. The lowest BCUT2D eigenvalue weighted by Crippen LogP contribution is -2.38. The van der Waals surface area contributed by atoms with Gasteiger partial charge in [0.2, 0.25) is 0 Å². The molecule has 4 heteroatoms. The van der Waals surface area contributed by atoms with Gasteiger partial charge in [-0.3, -0.25) is 4.79 Å². The fourth-order valence-corrected chi connectivity index (χ4v) is 2.99. The zero-order valence-corrected chi connectivity index (χ0v) is 13.6. The first kappa shape index (κ1) is 15.4. The Morgan fingerprint density at radius 1 is 1.26 bits per heavy atom. The lowest BCUT2D eigenvalue weighted by molar-refractivity contribution is -0.120. The van der Waals surface area contributed by atoms with Gasteiger partial charge in [-0.25, -0.2) is 0 Å². The van der Waals surface area contributed by atoms with Crippen molar-refractivity contribution >= 4 is 17.3 Å². The number of benzene rings is 2. The molecule has 0 saturated heterocycles. The Hall–Kier alpha value is -2.49. The fraction of sp³-hybridized carbons (Fsp3) is 0.316. The topological polar surface area (TPSA) is 55.6 Å². The number of hydrogen-bond donors (Lipinski definition) is 1. The number of carbonyl (C=O) groups excluding carboxylic acids is 1. The molecule has 23 heavy (non-hydrogen) atoms. The van der Waals surface area contributed by atoms with E-state index < -0.39 is 0 Å². The summed E-state index contributed by atoms with van der Waals surface area (Å²) in [4.78, 5) is 14.4. The number of carbonyl (C=O) groups is 1. The normalized spacial score (nSPS) is 13.6. The van der Waals surface area contributed by atoms with Crippen molar-refractivity contribution in [3.05, 3.63) is 53.1 Å². The van der Waals surface area contributed by atoms with E-state index in [9.17, 15) is 4.79 Å². The molecular weight excluding hydrogens is 288 g/mol. The molecule has 0 spiro atoms. The van der Waals surface area contributed by atoms with Crippen LogP contribution in [-0.4, -0.2) is 19.1 Å². The third-order valence-corrected chi connectivity index (χ3v) is 4.28. The average molecular weight is 310 g/mol. The SMILES string of the molecule is Cc1ccc(C)c(OCC(=O)N2CCCc3c(N)cccc32)c1. The minimum Gasteiger partial charge on any atom is -0.483 e. The molecule has 0 aliphatic carbocycles. The lowest BCUT2D eigenvalue weighted by Gasteiger charge is -2.30. The van der Waals surface area contributed by atoms with E-state index in [1.54, 1.807) is 4.90 Å². The molecule has 2 aromatic rings. The van der Waals surface area contributed by atoms with E-state index in [0.717, 1.165) is 46.7 Å². The zero-order valence-electron chi connectivity index (χ0n) is 13.6. The summed E-state index contributed by atoms with van der Waals surface area (Å²) in [5.74, 6) is 0.737. The van der Waals surface area contributed by atoms with E-state index in [0.29, 0.717) is 6.54 Å². The van der Waals surface area contributed by atoms with Gasteiger partial charge in [0.15, 0.2) is 6.61 Å². The van der Waals surface area contributed by atoms with E-state index >= 15 is 0 Å². The van der Waals surface area contributed by atoms with Gasteiger partial charge in [-0.2, -0.15) is 0 Å². The Morgan fingerprint density at radius 3 is 2.91 bits per heavy atom. The highest BCUT2D eigenvalue weighted by atomic mass is 16.5. The fourth-order valence-electron chi connectivity index (χ4n) is 2.99. The number of rotatable bonds is 3. The summed E-state index contributed by atoms with van der Waals surface area (Å²) in [7, 11) is 0. The summed E-state index contributed by atoms with van der Waals surface area (Å²) in [6.45, 7) is 4.75. The zero-order chi connectivity index (χ0) is 16.4. The summed E-state index contributed by atoms with van der Waals surface area (Å²) >= 11 is 0. The van der Waals surface area contributed by atoms with Crippen LogP contribution in [0.2, 0.25) is 0 Å². The molecule has 0 radical (unpaired) electrons. The van der Waals surface area contributed by atoms with Crippen molar-refractivity contribution in [1.29, 1.82) is 0 Å². The van der Waals surface area contributed by atoms with Gasteiger partial charge in [0.25, 0.3) is 5.91 Å². The molecule has 0 bridgehead atoms. The molecule has 0 unspecified atom stereocenters. The number of nitrogens with two attached hydrogens (primary N) is 1. The number of hydrogen-bond acceptors (Lipinski definition) is 3. The number of nitrogens with zero attached hydrogens (tertiary/aromatic N) is 1. The molecule has 0 atom stereocenters. The van der Waals surface area contributed by atoms with Crippen LogP contribution < -0.4 is 15.4 Å². The second-order valence-electron chi connectivity index (χ2n) is 6.05. The average Bonchev–Trinajstić information content (AvgIpc) is 2.55. The van der Waals surface area contributed by atoms with Gasteiger partial charge in [0.05, 0.1) is 0 Å². The molecule has 1 aliphatic heterocycles. The lowest BCUT2D eigenvalue weighted by atomic mass is 10.00. The molecule has 1 amide bonds. The molecule has 1 heterocycles. The Bertz CT molecular complexity index is 740. The third kappa shape index (κ3) is 3.16. The molecule has 1 aliphatic rings. The molecule has 3 rings (SSSR count). The Labute approximate surface area is 136 Å². The molecule has 0 aromatic heterocycles. The number of fused-ring (bicyclic) bond motifs is 1. The van der Waals surface area contributed by atoms with Crippen LogP contribution in [-0.2, 0) is 11.2 Å². The third-order valence-electron chi connectivity index (χ3n) is 4.28. The first-order valence-electron chi connectivity index (χ1n) is 7.94. The van der Waals surface area contributed by atoms with E-state index in [1.165, 1.54) is 0 Å². The van der Waals surface area contributed by atoms with Crippen molar-refractivity contribution in [2.45, 2.75) is 26.7 Å². The Balaban J connectivity index is 1.75. The maximum absolute atomic E-state index is 12.6. The smallest absolute Gasteiger partial charge is 0.264 e. The first-order chi connectivity index (χ1) is 11.1. The maximum atomic E-state index is 12.6. The Morgan fingerprint density at radius 2 is 2.09 bits per heavy atom. The van der Waals surface area contributed by atoms with Gasteiger partial charge in [0, 0.05) is 17.9 Å². The van der Waals surface area contributed by atoms with Crippen LogP contribution in [0.1, 0.15) is 23.1 Å². The summed E-state index contributed by atoms with van der Waals surface area (Å²) in [5, 5.41) is 0. The number of amides is 1. The highest BCUT2D eigenvalue weighted by molar-refractivity contribution is 5.96. The standard InChI is InChI=1S/C19H22N2O2/c1-13-8-9-14(2)18(11-13)23-12-19(22)21-10-4-5-15-16(20)6-3-7-17(15)21/h3,6-9,11H,4-5,10,12,20H2,1-2H3. The minimum absolute atomic E-state index is 0.0301. The number of anilines is 2.